The van der Waals surface area contributed by atoms with Crippen molar-refractivity contribution in [2.75, 3.05) is 36.5 Å². The van der Waals surface area contributed by atoms with Crippen molar-refractivity contribution in [2.24, 2.45) is 15.7 Å². The molecule has 1 amide bonds. The van der Waals surface area contributed by atoms with Crippen molar-refractivity contribution in [3.63, 3.8) is 0 Å². The Morgan fingerprint density at radius 1 is 1.07 bits per heavy atom. The number of hydrogen-bond acceptors (Lipinski definition) is 9. The predicted molar refractivity (Wildman–Crippen MR) is 160 cm³/mol. The van der Waals surface area contributed by atoms with Gasteiger partial charge < -0.3 is 25.4 Å². The molecular weight excluding hydrogens is 591 g/mol. The van der Waals surface area contributed by atoms with Crippen LogP contribution in [0.5, 0.6) is 0 Å². The molecule has 2 aromatic heterocycles. The first-order chi connectivity index (χ1) is 21.7. The van der Waals surface area contributed by atoms with Crippen molar-refractivity contribution in [1.29, 1.82) is 5.41 Å². The quantitative estimate of drug-likeness (QED) is 0.228. The molecular formula is C30H26F3N9O3. The zero-order valence-electron chi connectivity index (χ0n) is 23.5. The van der Waals surface area contributed by atoms with Gasteiger partial charge in [-0.05, 0) is 18.2 Å². The summed E-state index contributed by atoms with van der Waals surface area (Å²) in [5, 5.41) is 16.0. The van der Waals surface area contributed by atoms with E-state index in [0.29, 0.717) is 49.1 Å². The molecule has 2 aromatic carbocycles. The number of amidine groups is 1. The van der Waals surface area contributed by atoms with Crippen molar-refractivity contribution >= 4 is 35.0 Å². The summed E-state index contributed by atoms with van der Waals surface area (Å²) in [6.45, 7) is 1.72. The molecule has 45 heavy (non-hydrogen) atoms. The number of ether oxygens (including phenoxy) is 2. The van der Waals surface area contributed by atoms with E-state index in [9.17, 15) is 18.0 Å². The number of nitrogens with zero attached hydrogens (tertiary/aromatic N) is 6. The van der Waals surface area contributed by atoms with E-state index >= 15 is 0 Å². The van der Waals surface area contributed by atoms with Crippen LogP contribution in [0.2, 0.25) is 0 Å². The molecule has 0 unspecified atom stereocenters. The molecule has 2 aliphatic rings. The Morgan fingerprint density at radius 3 is 2.51 bits per heavy atom. The molecule has 230 valence electrons. The summed E-state index contributed by atoms with van der Waals surface area (Å²) in [4.78, 5) is 27.3. The number of amides is 1. The number of hydrogen-bond donors (Lipinski definition) is 3. The molecule has 0 spiro atoms. The van der Waals surface area contributed by atoms with E-state index in [1.54, 1.807) is 12.1 Å². The number of carbonyl (C=O) groups is 1. The highest BCUT2D eigenvalue weighted by molar-refractivity contribution is 6.19. The van der Waals surface area contributed by atoms with Crippen LogP contribution in [-0.4, -0.2) is 70.8 Å². The first kappa shape index (κ1) is 29.5. The van der Waals surface area contributed by atoms with Crippen molar-refractivity contribution in [3.05, 3.63) is 102 Å². The minimum atomic E-state index is -4.59. The molecule has 1 atom stereocenters. The van der Waals surface area contributed by atoms with Gasteiger partial charge in [-0.2, -0.15) is 18.2 Å². The van der Waals surface area contributed by atoms with Crippen molar-refractivity contribution in [3.8, 4) is 5.69 Å². The fourth-order valence-electron chi connectivity index (χ4n) is 4.82. The Kier molecular flexibility index (Phi) is 8.00. The maximum Gasteiger partial charge on any atom is 0.433 e. The lowest BCUT2D eigenvalue weighted by molar-refractivity contribution is -0.141. The molecule has 15 heteroatoms. The van der Waals surface area contributed by atoms with Gasteiger partial charge in [0, 0.05) is 30.4 Å². The minimum absolute atomic E-state index is 0.182. The lowest BCUT2D eigenvalue weighted by atomic mass is 10.0. The van der Waals surface area contributed by atoms with Crippen molar-refractivity contribution in [2.45, 2.75) is 12.3 Å². The number of anilines is 2. The van der Waals surface area contributed by atoms with Crippen LogP contribution in [0.15, 0.2) is 89.1 Å². The standard InChI is InChI=1S/C30H26F3N9O3/c31-30(32,33)23-11-10-19(16-36-23)42-17-21(27(40-42)41-12-14-44-15-13-41)25(34)45-29(35)39-26-28(43)37-22-9-5-4-8-20(22)24(38-26)18-6-2-1-3-7-18/h1-11,16-17,26,34H,12-15H2,(H2,35,39)(H,37,43)/t26-/m1/s1. The van der Waals surface area contributed by atoms with Crippen LogP contribution in [0.3, 0.4) is 0 Å². The zero-order valence-corrected chi connectivity index (χ0v) is 23.5. The molecule has 1 saturated heterocycles. The van der Waals surface area contributed by atoms with Gasteiger partial charge in [-0.15, -0.1) is 5.10 Å². The number of morpholine rings is 1. The number of pyridine rings is 1. The second-order valence-corrected chi connectivity index (χ2v) is 9.96. The SMILES string of the molecule is N=C(O/C(N)=N/[C@H]1N=C(c2ccccc2)c2ccccc2NC1=O)c1cn(-c2ccc(C(F)(F)F)nc2)nc1N1CCOCC1. The number of rotatable bonds is 5. The van der Waals surface area contributed by atoms with E-state index in [4.69, 9.17) is 20.6 Å². The van der Waals surface area contributed by atoms with Gasteiger partial charge in [0.05, 0.1) is 42.1 Å². The monoisotopic (exact) mass is 617 g/mol. The van der Waals surface area contributed by atoms with Gasteiger partial charge in [0.1, 0.15) is 5.69 Å². The minimum Gasteiger partial charge on any atom is -0.407 e. The maximum atomic E-state index is 13.2. The predicted octanol–water partition coefficient (Wildman–Crippen LogP) is 3.60. The number of benzene rings is 2. The summed E-state index contributed by atoms with van der Waals surface area (Å²) in [5.74, 6) is -0.681. The molecule has 4 heterocycles. The van der Waals surface area contributed by atoms with Crippen molar-refractivity contribution < 1.29 is 27.4 Å². The number of halogens is 3. The smallest absolute Gasteiger partial charge is 0.407 e. The van der Waals surface area contributed by atoms with Crippen LogP contribution >= 0.6 is 0 Å². The second-order valence-electron chi connectivity index (χ2n) is 9.96. The molecule has 0 bridgehead atoms. The van der Waals surface area contributed by atoms with Gasteiger partial charge in [0.2, 0.25) is 12.1 Å². The fourth-order valence-corrected chi connectivity index (χ4v) is 4.82. The van der Waals surface area contributed by atoms with Gasteiger partial charge in [0.15, 0.2) is 5.82 Å². The number of fused-ring (bicyclic) bond motifs is 1. The molecule has 0 aliphatic carbocycles. The highest BCUT2D eigenvalue weighted by Gasteiger charge is 2.32. The number of para-hydroxylation sites is 1. The number of aliphatic imine (C=N–C) groups is 2. The van der Waals surface area contributed by atoms with Crippen LogP contribution < -0.4 is 16.0 Å². The summed E-state index contributed by atoms with van der Waals surface area (Å²) in [6.07, 6.45) is -3.47. The summed E-state index contributed by atoms with van der Waals surface area (Å²) in [5.41, 5.74) is 8.00. The van der Waals surface area contributed by atoms with E-state index in [1.165, 1.54) is 16.9 Å². The number of nitrogens with two attached hydrogens (primary N) is 1. The highest BCUT2D eigenvalue weighted by Crippen LogP contribution is 2.29. The van der Waals surface area contributed by atoms with Crippen LogP contribution in [-0.2, 0) is 20.4 Å². The Bertz CT molecular complexity index is 1780. The maximum absolute atomic E-state index is 13.2. The van der Waals surface area contributed by atoms with E-state index < -0.39 is 35.9 Å². The number of carbonyl (C=O) groups excluding carboxylic acids is 1. The number of benzodiazepines with no additional fused rings is 1. The summed E-state index contributed by atoms with van der Waals surface area (Å²) in [6, 6.07) is 18.1. The average Bonchev–Trinajstić information content (AvgIpc) is 3.44. The topological polar surface area (TPSA) is 156 Å². The third-order valence-electron chi connectivity index (χ3n) is 6.98. The summed E-state index contributed by atoms with van der Waals surface area (Å²) >= 11 is 0. The van der Waals surface area contributed by atoms with E-state index in [-0.39, 0.29) is 11.3 Å². The van der Waals surface area contributed by atoms with Gasteiger partial charge in [-0.3, -0.25) is 10.2 Å². The second kappa shape index (κ2) is 12.2. The molecule has 0 saturated carbocycles. The Balaban J connectivity index is 1.30. The molecule has 2 aliphatic heterocycles. The molecule has 12 nitrogen and oxygen atoms in total. The van der Waals surface area contributed by atoms with Crippen LogP contribution in [0, 0.1) is 5.41 Å². The molecule has 0 radical (unpaired) electrons. The molecule has 1 fully saturated rings. The summed E-state index contributed by atoms with van der Waals surface area (Å²) < 4.78 is 51.4. The average molecular weight is 618 g/mol. The highest BCUT2D eigenvalue weighted by atomic mass is 19.4. The van der Waals surface area contributed by atoms with Gasteiger partial charge in [-0.25, -0.2) is 14.7 Å². The first-order valence-electron chi connectivity index (χ1n) is 13.8. The van der Waals surface area contributed by atoms with E-state index in [0.717, 1.165) is 17.8 Å². The Labute approximate surface area is 254 Å². The number of alkyl halides is 3. The van der Waals surface area contributed by atoms with E-state index in [2.05, 4.69) is 25.4 Å². The number of nitrogens with one attached hydrogen (secondary N) is 2. The van der Waals surface area contributed by atoms with Gasteiger partial charge in [0.25, 0.3) is 11.9 Å². The molecule has 4 aromatic rings. The lowest BCUT2D eigenvalue weighted by Crippen LogP contribution is -2.37. The number of aromatic nitrogens is 3. The van der Waals surface area contributed by atoms with Crippen LogP contribution in [0.1, 0.15) is 22.4 Å². The third kappa shape index (κ3) is 6.38. The Hall–Kier alpha value is -5.57. The molecule has 6 rings (SSSR count). The van der Waals surface area contributed by atoms with Crippen LogP contribution in [0.4, 0.5) is 24.7 Å². The lowest BCUT2D eigenvalue weighted by Gasteiger charge is -2.27. The first-order valence-corrected chi connectivity index (χ1v) is 13.8. The third-order valence-corrected chi connectivity index (χ3v) is 6.98. The Morgan fingerprint density at radius 2 is 1.80 bits per heavy atom. The normalized spacial score (nSPS) is 17.2. The summed E-state index contributed by atoms with van der Waals surface area (Å²) in [7, 11) is 0. The fraction of sp³-hybridized carbons (Fsp3) is 0.200. The molecule has 4 N–H and O–H groups in total. The van der Waals surface area contributed by atoms with Crippen LogP contribution in [0.25, 0.3) is 5.69 Å². The van der Waals surface area contributed by atoms with Crippen molar-refractivity contribution in [1.82, 2.24) is 14.8 Å². The van der Waals surface area contributed by atoms with Gasteiger partial charge in [-0.1, -0.05) is 48.5 Å². The largest absolute Gasteiger partial charge is 0.433 e. The van der Waals surface area contributed by atoms with E-state index in [1.807, 2.05) is 47.4 Å². The zero-order chi connectivity index (χ0) is 31.6. The van der Waals surface area contributed by atoms with Gasteiger partial charge >= 0.3 is 6.18 Å².